The third-order valence-electron chi connectivity index (χ3n) is 2.33. The highest BCUT2D eigenvalue weighted by Crippen LogP contribution is 2.33. The van der Waals surface area contributed by atoms with Crippen molar-refractivity contribution >= 4 is 11.9 Å². The van der Waals surface area contributed by atoms with Crippen molar-refractivity contribution in [2.24, 2.45) is 11.3 Å². The van der Waals surface area contributed by atoms with Gasteiger partial charge in [-0.25, -0.2) is 0 Å². The molecule has 0 aliphatic rings. The molecule has 4 heteroatoms. The number of carbonyl (C=O) groups excluding carboxylic acids is 1. The van der Waals surface area contributed by atoms with Gasteiger partial charge in [0.25, 0.3) is 0 Å². The zero-order valence-corrected chi connectivity index (χ0v) is 10.2. The molecule has 0 aliphatic carbocycles. The van der Waals surface area contributed by atoms with Crippen molar-refractivity contribution < 1.29 is 19.4 Å². The monoisotopic (exact) mass is 228 g/mol. The summed E-state index contributed by atoms with van der Waals surface area (Å²) in [5.41, 5.74) is -1.48. The van der Waals surface area contributed by atoms with Crippen LogP contribution < -0.4 is 0 Å². The van der Waals surface area contributed by atoms with Crippen LogP contribution in [-0.2, 0) is 14.3 Å². The molecule has 0 aliphatic heterocycles. The normalized spacial score (nSPS) is 14.2. The molecule has 1 atom stereocenters. The second kappa shape index (κ2) is 6.30. The minimum Gasteiger partial charge on any atom is -0.480 e. The smallest absolute Gasteiger partial charge is 0.323 e. The van der Waals surface area contributed by atoms with Crippen molar-refractivity contribution in [1.29, 1.82) is 0 Å². The van der Waals surface area contributed by atoms with E-state index in [0.29, 0.717) is 0 Å². The zero-order chi connectivity index (χ0) is 12.8. The average molecular weight is 228 g/mol. The molecule has 0 aromatic heterocycles. The van der Waals surface area contributed by atoms with Crippen LogP contribution in [0, 0.1) is 11.3 Å². The third kappa shape index (κ3) is 3.36. The molecule has 4 nitrogen and oxygen atoms in total. The second-order valence-electron chi connectivity index (χ2n) is 4.20. The zero-order valence-electron chi connectivity index (χ0n) is 10.2. The number of esters is 1. The van der Waals surface area contributed by atoms with Crippen molar-refractivity contribution in [2.45, 2.75) is 33.6 Å². The molecule has 0 spiro atoms. The molecule has 16 heavy (non-hydrogen) atoms. The van der Waals surface area contributed by atoms with Gasteiger partial charge >= 0.3 is 11.9 Å². The summed E-state index contributed by atoms with van der Waals surface area (Å²) in [6.45, 7) is 9.10. The van der Waals surface area contributed by atoms with E-state index in [1.165, 1.54) is 6.08 Å². The number of carboxylic acid groups (broad SMARTS) is 1. The number of carboxylic acids is 1. The molecule has 1 N–H and O–H groups in total. The number of aliphatic carboxylic acids is 1. The van der Waals surface area contributed by atoms with Crippen molar-refractivity contribution in [1.82, 2.24) is 0 Å². The molecular formula is C12H20O4. The molecule has 0 amide bonds. The lowest BCUT2D eigenvalue weighted by molar-refractivity contribution is -0.169. The van der Waals surface area contributed by atoms with Crippen molar-refractivity contribution in [2.75, 3.05) is 6.61 Å². The Bertz CT molecular complexity index is 270. The Labute approximate surface area is 96.3 Å². The summed E-state index contributed by atoms with van der Waals surface area (Å²) in [6, 6.07) is 0. The Morgan fingerprint density at radius 3 is 2.38 bits per heavy atom. The SMILES string of the molecule is C=CCC(CC(C)C)(C(=O)O)C(=O)OCC. The summed E-state index contributed by atoms with van der Waals surface area (Å²) < 4.78 is 4.85. The Morgan fingerprint density at radius 2 is 2.06 bits per heavy atom. The van der Waals surface area contributed by atoms with Crippen LogP contribution in [0.15, 0.2) is 12.7 Å². The highest BCUT2D eigenvalue weighted by atomic mass is 16.5. The summed E-state index contributed by atoms with van der Waals surface area (Å²) in [5, 5.41) is 9.25. The lowest BCUT2D eigenvalue weighted by Crippen LogP contribution is -2.41. The van der Waals surface area contributed by atoms with Crippen molar-refractivity contribution in [3.8, 4) is 0 Å². The van der Waals surface area contributed by atoms with Gasteiger partial charge in [-0.15, -0.1) is 6.58 Å². The molecule has 0 radical (unpaired) electrons. The predicted molar refractivity (Wildman–Crippen MR) is 61.0 cm³/mol. The van der Waals surface area contributed by atoms with Crippen LogP contribution in [0.2, 0.25) is 0 Å². The lowest BCUT2D eigenvalue weighted by atomic mass is 9.77. The minimum atomic E-state index is -1.48. The predicted octanol–water partition coefficient (Wildman–Crippen LogP) is 2.24. The topological polar surface area (TPSA) is 63.6 Å². The summed E-state index contributed by atoms with van der Waals surface area (Å²) in [5.74, 6) is -1.71. The fraction of sp³-hybridized carbons (Fsp3) is 0.667. The first kappa shape index (κ1) is 14.7. The fourth-order valence-electron chi connectivity index (χ4n) is 1.72. The number of hydrogen-bond acceptors (Lipinski definition) is 3. The van der Waals surface area contributed by atoms with Crippen LogP contribution in [0.3, 0.4) is 0 Å². The van der Waals surface area contributed by atoms with Gasteiger partial charge in [0.15, 0.2) is 5.41 Å². The first-order valence-corrected chi connectivity index (χ1v) is 5.42. The van der Waals surface area contributed by atoms with E-state index in [1.807, 2.05) is 13.8 Å². The standard InChI is InChI=1S/C12H20O4/c1-5-7-12(10(13)14,8-9(3)4)11(15)16-6-2/h5,9H,1,6-8H2,2-4H3,(H,13,14). The maximum absolute atomic E-state index is 11.8. The average Bonchev–Trinajstić information content (AvgIpc) is 2.16. The van der Waals surface area contributed by atoms with Gasteiger partial charge in [-0.3, -0.25) is 9.59 Å². The quantitative estimate of drug-likeness (QED) is 0.412. The lowest BCUT2D eigenvalue weighted by Gasteiger charge is -2.27. The van der Waals surface area contributed by atoms with Crippen LogP contribution in [0.5, 0.6) is 0 Å². The van der Waals surface area contributed by atoms with Gasteiger partial charge in [-0.1, -0.05) is 19.9 Å². The molecule has 0 saturated heterocycles. The van der Waals surface area contributed by atoms with Crippen molar-refractivity contribution in [3.63, 3.8) is 0 Å². The van der Waals surface area contributed by atoms with Crippen molar-refractivity contribution in [3.05, 3.63) is 12.7 Å². The highest BCUT2D eigenvalue weighted by Gasteiger charge is 2.46. The molecule has 0 fully saturated rings. The molecule has 0 rings (SSSR count). The fourth-order valence-corrected chi connectivity index (χ4v) is 1.72. The van der Waals surface area contributed by atoms with E-state index < -0.39 is 17.4 Å². The van der Waals surface area contributed by atoms with E-state index in [-0.39, 0.29) is 25.4 Å². The van der Waals surface area contributed by atoms with E-state index in [1.54, 1.807) is 6.92 Å². The van der Waals surface area contributed by atoms with Crippen LogP contribution in [-0.4, -0.2) is 23.7 Å². The first-order valence-electron chi connectivity index (χ1n) is 5.42. The van der Waals surface area contributed by atoms with Gasteiger partial charge in [0.1, 0.15) is 0 Å². The molecule has 1 unspecified atom stereocenters. The molecule has 0 aromatic carbocycles. The van der Waals surface area contributed by atoms with E-state index in [4.69, 9.17) is 4.74 Å². The highest BCUT2D eigenvalue weighted by molar-refractivity contribution is 5.99. The van der Waals surface area contributed by atoms with E-state index >= 15 is 0 Å². The van der Waals surface area contributed by atoms with Gasteiger partial charge in [0.2, 0.25) is 0 Å². The minimum absolute atomic E-state index is 0.0966. The van der Waals surface area contributed by atoms with Gasteiger partial charge in [-0.2, -0.15) is 0 Å². The van der Waals surface area contributed by atoms with Crippen LogP contribution in [0.25, 0.3) is 0 Å². The van der Waals surface area contributed by atoms with Gasteiger partial charge in [0.05, 0.1) is 6.61 Å². The molecule has 0 bridgehead atoms. The summed E-state index contributed by atoms with van der Waals surface area (Å²) in [4.78, 5) is 23.1. The number of rotatable bonds is 7. The Morgan fingerprint density at radius 1 is 1.50 bits per heavy atom. The molecule has 0 aromatic rings. The largest absolute Gasteiger partial charge is 0.480 e. The number of ether oxygens (including phenoxy) is 1. The van der Waals surface area contributed by atoms with Gasteiger partial charge in [0, 0.05) is 0 Å². The number of carbonyl (C=O) groups is 2. The summed E-state index contributed by atoms with van der Waals surface area (Å²) in [6.07, 6.45) is 1.81. The number of allylic oxidation sites excluding steroid dienone is 1. The van der Waals surface area contributed by atoms with Gasteiger partial charge < -0.3 is 9.84 Å². The third-order valence-corrected chi connectivity index (χ3v) is 2.33. The molecule has 0 saturated carbocycles. The first-order chi connectivity index (χ1) is 7.40. The van der Waals surface area contributed by atoms with Crippen LogP contribution in [0.1, 0.15) is 33.6 Å². The molecule has 92 valence electrons. The summed E-state index contributed by atoms with van der Waals surface area (Å²) >= 11 is 0. The number of hydrogen-bond donors (Lipinski definition) is 1. The van der Waals surface area contributed by atoms with E-state index in [9.17, 15) is 14.7 Å². The maximum atomic E-state index is 11.8. The Hall–Kier alpha value is -1.32. The van der Waals surface area contributed by atoms with Gasteiger partial charge in [-0.05, 0) is 25.7 Å². The maximum Gasteiger partial charge on any atom is 0.323 e. The Kier molecular flexibility index (Phi) is 5.78. The molecular weight excluding hydrogens is 208 g/mol. The summed E-state index contributed by atoms with van der Waals surface area (Å²) in [7, 11) is 0. The van der Waals surface area contributed by atoms with E-state index in [2.05, 4.69) is 6.58 Å². The van der Waals surface area contributed by atoms with E-state index in [0.717, 1.165) is 0 Å². The second-order valence-corrected chi connectivity index (χ2v) is 4.20. The molecule has 0 heterocycles. The van der Waals surface area contributed by atoms with Crippen LogP contribution >= 0.6 is 0 Å². The van der Waals surface area contributed by atoms with Crippen LogP contribution in [0.4, 0.5) is 0 Å². The Balaban J connectivity index is 5.15.